The monoisotopic (exact) mass is 224 g/mol. The van der Waals surface area contributed by atoms with Crippen LogP contribution in [0.1, 0.15) is 77.6 Å². The highest BCUT2D eigenvalue weighted by Crippen LogP contribution is 2.11. The Labute approximate surface area is 101 Å². The molecule has 0 saturated carbocycles. The molecule has 0 N–H and O–H groups in total. The van der Waals surface area contributed by atoms with Crippen LogP contribution in [0.4, 0.5) is 0 Å². The van der Waals surface area contributed by atoms with Crippen LogP contribution in [0.5, 0.6) is 0 Å². The van der Waals surface area contributed by atoms with Crippen LogP contribution in [0.15, 0.2) is 12.7 Å². The topological polar surface area (TPSA) is 17.1 Å². The quantitative estimate of drug-likeness (QED) is 0.335. The summed E-state index contributed by atoms with van der Waals surface area (Å²) in [5, 5.41) is 0. The van der Waals surface area contributed by atoms with Gasteiger partial charge in [-0.15, -0.1) is 0 Å². The van der Waals surface area contributed by atoms with Gasteiger partial charge < -0.3 is 0 Å². The van der Waals surface area contributed by atoms with E-state index in [-0.39, 0.29) is 5.78 Å². The van der Waals surface area contributed by atoms with Crippen molar-refractivity contribution in [1.82, 2.24) is 0 Å². The van der Waals surface area contributed by atoms with E-state index in [4.69, 9.17) is 0 Å². The molecule has 0 rings (SSSR count). The number of carbonyl (C=O) groups is 1. The Morgan fingerprint density at radius 2 is 1.31 bits per heavy atom. The summed E-state index contributed by atoms with van der Waals surface area (Å²) < 4.78 is 0. The van der Waals surface area contributed by atoms with Crippen molar-refractivity contribution in [3.63, 3.8) is 0 Å². The van der Waals surface area contributed by atoms with Gasteiger partial charge in [0.15, 0.2) is 5.78 Å². The highest BCUT2D eigenvalue weighted by atomic mass is 16.1. The van der Waals surface area contributed by atoms with Gasteiger partial charge in [-0.05, 0) is 12.5 Å². The predicted octanol–water partition coefficient (Wildman–Crippen LogP) is 5.05. The van der Waals surface area contributed by atoms with Crippen LogP contribution >= 0.6 is 0 Å². The van der Waals surface area contributed by atoms with Crippen molar-refractivity contribution in [2.75, 3.05) is 0 Å². The smallest absolute Gasteiger partial charge is 0.155 e. The van der Waals surface area contributed by atoms with Gasteiger partial charge in [0.2, 0.25) is 0 Å². The molecule has 0 saturated heterocycles. The van der Waals surface area contributed by atoms with Crippen molar-refractivity contribution in [2.45, 2.75) is 77.6 Å². The third kappa shape index (κ3) is 11.5. The molecule has 0 spiro atoms. The fourth-order valence-corrected chi connectivity index (χ4v) is 1.89. The molecule has 0 aliphatic rings. The lowest BCUT2D eigenvalue weighted by atomic mass is 10.1. The minimum absolute atomic E-state index is 0.194. The summed E-state index contributed by atoms with van der Waals surface area (Å²) in [6.45, 7) is 5.73. The van der Waals surface area contributed by atoms with E-state index in [0.717, 1.165) is 6.42 Å². The Hall–Kier alpha value is -0.590. The second kappa shape index (κ2) is 12.5. The molecule has 16 heavy (non-hydrogen) atoms. The first-order valence-corrected chi connectivity index (χ1v) is 6.96. The molecule has 1 heteroatoms. The third-order valence-electron chi connectivity index (χ3n) is 3.00. The summed E-state index contributed by atoms with van der Waals surface area (Å²) >= 11 is 0. The summed E-state index contributed by atoms with van der Waals surface area (Å²) in [4.78, 5) is 10.9. The molecule has 0 aromatic carbocycles. The molecule has 0 amide bonds. The standard InChI is InChI=1S/C15H28O/c1-3-5-6-7-8-9-10-11-12-13-14-15(16)4-2/h4H,2-3,5-14H2,1H3. The van der Waals surface area contributed by atoms with E-state index < -0.39 is 0 Å². The van der Waals surface area contributed by atoms with E-state index in [0.29, 0.717) is 6.42 Å². The van der Waals surface area contributed by atoms with Gasteiger partial charge in [-0.3, -0.25) is 4.79 Å². The van der Waals surface area contributed by atoms with Crippen LogP contribution in [-0.4, -0.2) is 5.78 Å². The van der Waals surface area contributed by atoms with Gasteiger partial charge in [0, 0.05) is 6.42 Å². The first-order valence-electron chi connectivity index (χ1n) is 6.96. The first kappa shape index (κ1) is 15.4. The van der Waals surface area contributed by atoms with Crippen molar-refractivity contribution in [3.05, 3.63) is 12.7 Å². The van der Waals surface area contributed by atoms with Crippen LogP contribution in [0, 0.1) is 0 Å². The molecular formula is C15H28O. The molecule has 0 radical (unpaired) electrons. The summed E-state index contributed by atoms with van der Waals surface area (Å²) in [5.41, 5.74) is 0. The maximum Gasteiger partial charge on any atom is 0.155 e. The van der Waals surface area contributed by atoms with Gasteiger partial charge in [-0.25, -0.2) is 0 Å². The maximum absolute atomic E-state index is 10.9. The average molecular weight is 224 g/mol. The van der Waals surface area contributed by atoms with Gasteiger partial charge in [0.05, 0.1) is 0 Å². The van der Waals surface area contributed by atoms with Crippen LogP contribution in [-0.2, 0) is 4.79 Å². The predicted molar refractivity (Wildman–Crippen MR) is 71.7 cm³/mol. The van der Waals surface area contributed by atoms with Crippen molar-refractivity contribution >= 4 is 5.78 Å². The highest BCUT2D eigenvalue weighted by Gasteiger charge is 1.96. The minimum atomic E-state index is 0.194. The summed E-state index contributed by atoms with van der Waals surface area (Å²) in [7, 11) is 0. The molecule has 0 aliphatic heterocycles. The number of hydrogen-bond acceptors (Lipinski definition) is 1. The lowest BCUT2D eigenvalue weighted by Crippen LogP contribution is -1.91. The van der Waals surface area contributed by atoms with E-state index in [1.54, 1.807) is 0 Å². The summed E-state index contributed by atoms with van der Waals surface area (Å²) in [6, 6.07) is 0. The normalized spacial score (nSPS) is 10.3. The van der Waals surface area contributed by atoms with Gasteiger partial charge in [-0.2, -0.15) is 0 Å². The van der Waals surface area contributed by atoms with Gasteiger partial charge in [-0.1, -0.05) is 71.3 Å². The number of allylic oxidation sites excluding steroid dienone is 1. The number of hydrogen-bond donors (Lipinski definition) is 0. The maximum atomic E-state index is 10.9. The largest absolute Gasteiger partial charge is 0.295 e. The zero-order valence-corrected chi connectivity index (χ0v) is 11.0. The molecule has 0 bridgehead atoms. The third-order valence-corrected chi connectivity index (χ3v) is 3.00. The Morgan fingerprint density at radius 3 is 1.75 bits per heavy atom. The lowest BCUT2D eigenvalue weighted by Gasteiger charge is -2.01. The van der Waals surface area contributed by atoms with E-state index >= 15 is 0 Å². The van der Waals surface area contributed by atoms with Crippen LogP contribution in [0.25, 0.3) is 0 Å². The second-order valence-electron chi connectivity index (χ2n) is 4.60. The zero-order valence-electron chi connectivity index (χ0n) is 11.0. The Morgan fingerprint density at radius 1 is 0.875 bits per heavy atom. The van der Waals surface area contributed by atoms with Crippen molar-refractivity contribution in [1.29, 1.82) is 0 Å². The zero-order chi connectivity index (χ0) is 12.1. The van der Waals surface area contributed by atoms with Gasteiger partial charge >= 0.3 is 0 Å². The van der Waals surface area contributed by atoms with E-state index in [2.05, 4.69) is 13.5 Å². The molecule has 0 aliphatic carbocycles. The fourth-order valence-electron chi connectivity index (χ4n) is 1.89. The molecule has 0 aromatic rings. The average Bonchev–Trinajstić information content (AvgIpc) is 2.31. The number of unbranched alkanes of at least 4 members (excludes halogenated alkanes) is 9. The molecule has 0 aromatic heterocycles. The molecular weight excluding hydrogens is 196 g/mol. The Balaban J connectivity index is 2.98. The van der Waals surface area contributed by atoms with E-state index in [1.807, 2.05) is 0 Å². The molecule has 0 atom stereocenters. The van der Waals surface area contributed by atoms with Crippen molar-refractivity contribution < 1.29 is 4.79 Å². The Bertz CT molecular complexity index is 172. The van der Waals surface area contributed by atoms with E-state index in [9.17, 15) is 4.79 Å². The lowest BCUT2D eigenvalue weighted by molar-refractivity contribution is -0.114. The summed E-state index contributed by atoms with van der Waals surface area (Å²) in [6.07, 6.45) is 15.3. The molecule has 94 valence electrons. The number of carbonyl (C=O) groups excluding carboxylic acids is 1. The van der Waals surface area contributed by atoms with Gasteiger partial charge in [0.25, 0.3) is 0 Å². The first-order chi connectivity index (χ1) is 7.81. The van der Waals surface area contributed by atoms with Gasteiger partial charge in [0.1, 0.15) is 0 Å². The van der Waals surface area contributed by atoms with Crippen LogP contribution in [0.3, 0.4) is 0 Å². The minimum Gasteiger partial charge on any atom is -0.295 e. The summed E-state index contributed by atoms with van der Waals surface area (Å²) in [5.74, 6) is 0.194. The van der Waals surface area contributed by atoms with Crippen molar-refractivity contribution in [2.24, 2.45) is 0 Å². The molecule has 1 nitrogen and oxygen atoms in total. The van der Waals surface area contributed by atoms with Crippen LogP contribution < -0.4 is 0 Å². The van der Waals surface area contributed by atoms with Crippen molar-refractivity contribution in [3.8, 4) is 0 Å². The Kier molecular flexibility index (Phi) is 12.0. The second-order valence-corrected chi connectivity index (χ2v) is 4.60. The SMILES string of the molecule is C=CC(=O)CCCCCCCCCCCC. The molecule has 0 unspecified atom stereocenters. The molecule has 0 fully saturated rings. The van der Waals surface area contributed by atoms with E-state index in [1.165, 1.54) is 63.9 Å². The van der Waals surface area contributed by atoms with Crippen LogP contribution in [0.2, 0.25) is 0 Å². The molecule has 0 heterocycles. The number of rotatable bonds is 12. The fraction of sp³-hybridized carbons (Fsp3) is 0.800. The highest BCUT2D eigenvalue weighted by molar-refractivity contribution is 5.88. The number of ketones is 1.